The fourth-order valence-electron chi connectivity index (χ4n) is 2.60. The van der Waals surface area contributed by atoms with Gasteiger partial charge in [0.2, 0.25) is 0 Å². The molecule has 1 aliphatic rings. The molecule has 23 heavy (non-hydrogen) atoms. The molecule has 0 unspecified atom stereocenters. The van der Waals surface area contributed by atoms with Crippen molar-refractivity contribution in [3.63, 3.8) is 0 Å². The normalized spacial score (nSPS) is 12.0. The Morgan fingerprint density at radius 3 is 3.04 bits per heavy atom. The molecular weight excluding hydrogens is 292 g/mol. The molecule has 3 aromatic rings. The molecule has 1 aromatic carbocycles. The van der Waals surface area contributed by atoms with Crippen molar-refractivity contribution in [1.82, 2.24) is 19.9 Å². The van der Waals surface area contributed by atoms with E-state index in [9.17, 15) is 4.79 Å². The topological polar surface area (TPSA) is 69.0 Å². The lowest BCUT2D eigenvalue weighted by Crippen LogP contribution is -2.25. The Morgan fingerprint density at radius 2 is 2.17 bits per heavy atom. The maximum Gasteiger partial charge on any atom is 0.272 e. The molecule has 0 fully saturated rings. The van der Waals surface area contributed by atoms with Crippen LogP contribution in [0, 0.1) is 0 Å². The van der Waals surface area contributed by atoms with Gasteiger partial charge in [-0.2, -0.15) is 0 Å². The number of pyridine rings is 1. The predicted molar refractivity (Wildman–Crippen MR) is 83.3 cm³/mol. The van der Waals surface area contributed by atoms with Crippen LogP contribution in [0.2, 0.25) is 0 Å². The van der Waals surface area contributed by atoms with Gasteiger partial charge in [-0.25, -0.2) is 4.98 Å². The molecule has 0 saturated heterocycles. The summed E-state index contributed by atoms with van der Waals surface area (Å²) in [5, 5.41) is 2.87. The van der Waals surface area contributed by atoms with E-state index in [4.69, 9.17) is 4.74 Å². The highest BCUT2D eigenvalue weighted by Gasteiger charge is 2.24. The highest BCUT2D eigenvalue weighted by molar-refractivity contribution is 5.93. The lowest BCUT2D eigenvalue weighted by molar-refractivity contribution is 0.0943. The standard InChI is InChI=1S/C17H14N4O2/c22-17(19-9-12-4-3-7-18-8-12)16-14-10-23-15-6-2-1-5-13(15)21(14)11-20-16/h1-8,11H,9-10H2,(H,19,22). The fraction of sp³-hybridized carbons (Fsp3) is 0.118. The molecular formula is C17H14N4O2. The number of carbonyl (C=O) groups is 1. The van der Waals surface area contributed by atoms with Gasteiger partial charge in [-0.05, 0) is 23.8 Å². The highest BCUT2D eigenvalue weighted by atomic mass is 16.5. The summed E-state index contributed by atoms with van der Waals surface area (Å²) in [5.41, 5.74) is 2.99. The minimum atomic E-state index is -0.217. The largest absolute Gasteiger partial charge is 0.485 e. The first-order valence-corrected chi connectivity index (χ1v) is 7.28. The zero-order chi connectivity index (χ0) is 15.6. The third-order valence-corrected chi connectivity index (χ3v) is 3.75. The first-order chi connectivity index (χ1) is 11.3. The summed E-state index contributed by atoms with van der Waals surface area (Å²) in [6.45, 7) is 0.739. The van der Waals surface area contributed by atoms with Crippen molar-refractivity contribution in [2.45, 2.75) is 13.2 Å². The molecule has 0 aliphatic carbocycles. The molecule has 4 rings (SSSR count). The van der Waals surface area contributed by atoms with Gasteiger partial charge in [-0.15, -0.1) is 0 Å². The minimum absolute atomic E-state index is 0.217. The van der Waals surface area contributed by atoms with Crippen molar-refractivity contribution in [3.05, 3.63) is 72.1 Å². The van der Waals surface area contributed by atoms with Gasteiger partial charge in [0.1, 0.15) is 18.7 Å². The van der Waals surface area contributed by atoms with E-state index < -0.39 is 0 Å². The SMILES string of the molecule is O=C(NCc1cccnc1)c1ncn2c1COc1ccccc1-2. The lowest BCUT2D eigenvalue weighted by atomic mass is 10.2. The van der Waals surface area contributed by atoms with Gasteiger partial charge < -0.3 is 10.1 Å². The van der Waals surface area contributed by atoms with Crippen LogP contribution in [-0.4, -0.2) is 20.4 Å². The number of nitrogens with one attached hydrogen (secondary N) is 1. The lowest BCUT2D eigenvalue weighted by Gasteiger charge is -2.20. The quantitative estimate of drug-likeness (QED) is 0.804. The zero-order valence-electron chi connectivity index (χ0n) is 12.3. The Hall–Kier alpha value is -3.15. The van der Waals surface area contributed by atoms with Crippen LogP contribution in [0.25, 0.3) is 5.69 Å². The first-order valence-electron chi connectivity index (χ1n) is 7.28. The number of nitrogens with zero attached hydrogens (tertiary/aromatic N) is 3. The molecule has 3 heterocycles. The predicted octanol–water partition coefficient (Wildman–Crippen LogP) is 2.09. The number of fused-ring (bicyclic) bond motifs is 3. The number of amides is 1. The summed E-state index contributed by atoms with van der Waals surface area (Å²) in [6.07, 6.45) is 5.09. The minimum Gasteiger partial charge on any atom is -0.485 e. The average Bonchev–Trinajstić information content (AvgIpc) is 3.05. The Balaban J connectivity index is 1.57. The van der Waals surface area contributed by atoms with Crippen molar-refractivity contribution in [1.29, 1.82) is 0 Å². The third-order valence-electron chi connectivity index (χ3n) is 3.75. The molecule has 0 spiro atoms. The van der Waals surface area contributed by atoms with E-state index in [0.29, 0.717) is 18.8 Å². The van der Waals surface area contributed by atoms with Crippen molar-refractivity contribution < 1.29 is 9.53 Å². The van der Waals surface area contributed by atoms with Gasteiger partial charge in [-0.1, -0.05) is 18.2 Å². The molecule has 6 heteroatoms. The van der Waals surface area contributed by atoms with Gasteiger partial charge in [0, 0.05) is 18.9 Å². The van der Waals surface area contributed by atoms with Gasteiger partial charge in [0.05, 0.1) is 11.4 Å². The highest BCUT2D eigenvalue weighted by Crippen LogP contribution is 2.30. The molecule has 1 N–H and O–H groups in total. The summed E-state index contributed by atoms with van der Waals surface area (Å²) in [5.74, 6) is 0.574. The summed E-state index contributed by atoms with van der Waals surface area (Å²) in [6, 6.07) is 11.4. The summed E-state index contributed by atoms with van der Waals surface area (Å²) >= 11 is 0. The third kappa shape index (κ3) is 2.44. The molecule has 1 aliphatic heterocycles. The van der Waals surface area contributed by atoms with E-state index in [2.05, 4.69) is 15.3 Å². The second-order valence-corrected chi connectivity index (χ2v) is 5.21. The smallest absolute Gasteiger partial charge is 0.272 e. The fourth-order valence-corrected chi connectivity index (χ4v) is 2.60. The van der Waals surface area contributed by atoms with Crippen LogP contribution in [0.3, 0.4) is 0 Å². The van der Waals surface area contributed by atoms with Gasteiger partial charge >= 0.3 is 0 Å². The van der Waals surface area contributed by atoms with E-state index in [1.165, 1.54) is 0 Å². The van der Waals surface area contributed by atoms with Gasteiger partial charge in [0.25, 0.3) is 5.91 Å². The number of ether oxygens (including phenoxy) is 1. The Labute approximate surface area is 132 Å². The molecule has 0 bridgehead atoms. The molecule has 0 radical (unpaired) electrons. The van der Waals surface area contributed by atoms with Crippen molar-refractivity contribution in [3.8, 4) is 11.4 Å². The molecule has 0 saturated carbocycles. The van der Waals surface area contributed by atoms with Crippen molar-refractivity contribution in [2.75, 3.05) is 0 Å². The Bertz CT molecular complexity index is 858. The molecule has 2 aromatic heterocycles. The number of imidazole rings is 1. The Morgan fingerprint density at radius 1 is 1.26 bits per heavy atom. The average molecular weight is 306 g/mol. The van der Waals surface area contributed by atoms with E-state index in [1.54, 1.807) is 18.7 Å². The van der Waals surface area contributed by atoms with Crippen LogP contribution in [0.4, 0.5) is 0 Å². The van der Waals surface area contributed by atoms with Gasteiger partial charge in [0.15, 0.2) is 5.69 Å². The maximum atomic E-state index is 12.4. The van der Waals surface area contributed by atoms with Crippen LogP contribution in [0.1, 0.15) is 21.7 Å². The number of benzene rings is 1. The number of rotatable bonds is 3. The van der Waals surface area contributed by atoms with Crippen molar-refractivity contribution in [2.24, 2.45) is 0 Å². The summed E-state index contributed by atoms with van der Waals surface area (Å²) < 4.78 is 7.61. The molecule has 0 atom stereocenters. The first kappa shape index (κ1) is 13.5. The second-order valence-electron chi connectivity index (χ2n) is 5.21. The number of hydrogen-bond acceptors (Lipinski definition) is 4. The van der Waals surface area contributed by atoms with E-state index in [-0.39, 0.29) is 5.91 Å². The van der Waals surface area contributed by atoms with Crippen LogP contribution < -0.4 is 10.1 Å². The van der Waals surface area contributed by atoms with E-state index >= 15 is 0 Å². The van der Waals surface area contributed by atoms with Crippen LogP contribution >= 0.6 is 0 Å². The van der Waals surface area contributed by atoms with Crippen molar-refractivity contribution >= 4 is 5.91 Å². The number of para-hydroxylation sites is 2. The molecule has 114 valence electrons. The second kappa shape index (κ2) is 5.57. The summed E-state index contributed by atoms with van der Waals surface area (Å²) in [7, 11) is 0. The zero-order valence-corrected chi connectivity index (χ0v) is 12.3. The monoisotopic (exact) mass is 306 g/mol. The number of carbonyl (C=O) groups excluding carboxylic acids is 1. The van der Waals surface area contributed by atoms with Gasteiger partial charge in [-0.3, -0.25) is 14.3 Å². The maximum absolute atomic E-state index is 12.4. The number of aromatic nitrogens is 3. The molecule has 1 amide bonds. The van der Waals surface area contributed by atoms with Crippen LogP contribution in [-0.2, 0) is 13.2 Å². The van der Waals surface area contributed by atoms with E-state index in [0.717, 1.165) is 22.7 Å². The Kier molecular flexibility index (Phi) is 3.27. The number of hydrogen-bond donors (Lipinski definition) is 1. The van der Waals surface area contributed by atoms with E-state index in [1.807, 2.05) is 41.0 Å². The van der Waals surface area contributed by atoms with Crippen LogP contribution in [0.5, 0.6) is 5.75 Å². The summed E-state index contributed by atoms with van der Waals surface area (Å²) in [4.78, 5) is 20.7. The van der Waals surface area contributed by atoms with Crippen LogP contribution in [0.15, 0.2) is 55.1 Å². The molecule has 6 nitrogen and oxygen atoms in total.